The van der Waals surface area contributed by atoms with E-state index in [1.165, 1.54) is 73.3 Å². The number of carbonyl (C=O) groups is 7. The van der Waals surface area contributed by atoms with Crippen LogP contribution in [0.4, 0.5) is 0 Å². The Labute approximate surface area is 380 Å². The summed E-state index contributed by atoms with van der Waals surface area (Å²) >= 11 is 4.59. The highest BCUT2D eigenvalue weighted by Crippen LogP contribution is 2.17. The molecule has 3 rings (SSSR count). The lowest BCUT2D eigenvalue weighted by Crippen LogP contribution is -2.38. The van der Waals surface area contributed by atoms with Gasteiger partial charge in [0.1, 0.15) is 12.2 Å². The molecule has 13 N–H and O–H groups in total. The number of aromatic nitrogens is 5. The zero-order valence-corrected chi connectivity index (χ0v) is 42.1. The second-order valence-corrected chi connectivity index (χ2v) is 13.1. The van der Waals surface area contributed by atoms with Gasteiger partial charge < -0.3 is 42.2 Å². The molecule has 0 aliphatic heterocycles. The van der Waals surface area contributed by atoms with Crippen LogP contribution in [0.2, 0.25) is 0 Å². The first kappa shape index (κ1) is 77.9. The van der Waals surface area contributed by atoms with Crippen LogP contribution in [0.15, 0.2) is 18.6 Å². The van der Waals surface area contributed by atoms with Crippen LogP contribution in [-0.4, -0.2) is 143 Å². The number of aliphatic hydroxyl groups is 1. The number of nitrogens with two attached hydrogens (primary N) is 1. The van der Waals surface area contributed by atoms with Crippen molar-refractivity contribution >= 4 is 58.6 Å². The normalized spacial score (nSPS) is 9.05. The zero-order chi connectivity index (χ0) is 52.0. The molecule has 0 bridgehead atoms. The van der Waals surface area contributed by atoms with Crippen LogP contribution in [0.3, 0.4) is 0 Å². The zero-order valence-electron chi connectivity index (χ0n) is 41.3. The van der Waals surface area contributed by atoms with Crippen LogP contribution in [0.5, 0.6) is 0 Å². The van der Waals surface area contributed by atoms with Gasteiger partial charge in [0, 0.05) is 114 Å². The summed E-state index contributed by atoms with van der Waals surface area (Å²) in [6.07, 6.45) is 5.57. The Morgan fingerprint density at radius 3 is 1.19 bits per heavy atom. The molecule has 0 atom stereocenters. The number of nitrogens with one attached hydrogen (secondary N) is 9. The van der Waals surface area contributed by atoms with Gasteiger partial charge in [-0.25, -0.2) is 15.9 Å². The molecule has 0 unspecified atom stereocenters. The third-order valence-corrected chi connectivity index (χ3v) is 4.37. The van der Waals surface area contributed by atoms with Crippen molar-refractivity contribution in [2.24, 2.45) is 5.73 Å². The number of H-pyrrole nitrogens is 2. The standard InChI is InChI=1S/C6H13NO.C5H9NO.C4H6N2.C3H5N3.C3H7NO2.2C3H7NO.C3H7NS.C2H5NO2.C2H5NO.2C2H6O/c1-5(8)7-6(2,3)4;1-4(7)6-5-2-3-5;1-4-2-3-5-6-4;1-3-4-2-5-6-3;1-3(5)4-6-2;3*1-3(5)4-2;1-2(4)3-5;1-2(3)4;1-3-2;1-2-3/h1-4H3,(H,7,8);5H,2-3H2,1H3,(H,6,7);2-3H,1H3,(H,5,6);2H,1H3,(H,4,5,6);1-2H3,(H,4,5);3*1-2H3,(H,4,5);5H,1H3,(H,3,4);1H3,(H2,3,4);1-2H3;3H,2H2,1H3. The molecule has 1 saturated carbocycles. The van der Waals surface area contributed by atoms with Gasteiger partial charge in [0.25, 0.3) is 0 Å². The molecule has 2 aromatic rings. The molecule has 2 aromatic heterocycles. The average Bonchev–Trinajstić information content (AvgIpc) is 3.57. The monoisotopic (exact) mass is 930 g/mol. The number of aryl methyl sites for hydroxylation is 2. The molecular weight excluding hydrogens is 847 g/mol. The number of aliphatic hydroxyl groups excluding tert-OH is 1. The van der Waals surface area contributed by atoms with Crippen LogP contribution in [0.1, 0.15) is 107 Å². The molecule has 63 heavy (non-hydrogen) atoms. The van der Waals surface area contributed by atoms with E-state index in [1.54, 1.807) is 48.4 Å². The van der Waals surface area contributed by atoms with Crippen molar-refractivity contribution < 1.29 is 53.4 Å². The Kier molecular flexibility index (Phi) is 75.0. The summed E-state index contributed by atoms with van der Waals surface area (Å²) in [5, 5.41) is 40.8. The van der Waals surface area contributed by atoms with E-state index in [9.17, 15) is 33.6 Å². The van der Waals surface area contributed by atoms with Crippen molar-refractivity contribution in [1.82, 2.24) is 62.9 Å². The van der Waals surface area contributed by atoms with Gasteiger partial charge >= 0.3 is 0 Å². The second kappa shape index (κ2) is 60.7. The van der Waals surface area contributed by atoms with E-state index in [2.05, 4.69) is 85.0 Å². The van der Waals surface area contributed by atoms with Crippen LogP contribution in [0.25, 0.3) is 0 Å². The third-order valence-electron chi connectivity index (χ3n) is 4.17. The first-order chi connectivity index (χ1) is 28.9. The second-order valence-electron chi connectivity index (χ2n) is 12.5. The predicted octanol–water partition coefficient (Wildman–Crippen LogP) is 1.04. The quantitative estimate of drug-likeness (QED) is 0.114. The Morgan fingerprint density at radius 1 is 0.778 bits per heavy atom. The van der Waals surface area contributed by atoms with Crippen LogP contribution in [-0.2, 0) is 43.1 Å². The van der Waals surface area contributed by atoms with E-state index in [4.69, 9.17) is 10.3 Å². The molecule has 0 saturated heterocycles. The summed E-state index contributed by atoms with van der Waals surface area (Å²) in [5.74, 6) is 0.0347. The maximum Gasteiger partial charge on any atom is 0.240 e. The van der Waals surface area contributed by atoms with Gasteiger partial charge in [-0.3, -0.25) is 53.8 Å². The van der Waals surface area contributed by atoms with Gasteiger partial charge in [0.2, 0.25) is 41.4 Å². The number of thiocarbonyl (C=S) groups is 1. The van der Waals surface area contributed by atoms with Gasteiger partial charge in [-0.05, 0) is 67.4 Å². The number of ether oxygens (including phenoxy) is 1. The summed E-state index contributed by atoms with van der Waals surface area (Å²) in [6.45, 7) is 23.4. The Bertz CT molecular complexity index is 1250. The minimum Gasteiger partial charge on any atom is -0.397 e. The summed E-state index contributed by atoms with van der Waals surface area (Å²) in [7, 11) is 9.65. The fourth-order valence-corrected chi connectivity index (χ4v) is 1.78. The molecule has 7 amide bonds. The maximum atomic E-state index is 10.3. The van der Waals surface area contributed by atoms with Crippen molar-refractivity contribution in [3.8, 4) is 0 Å². The van der Waals surface area contributed by atoms with E-state index in [0.717, 1.165) is 16.5 Å². The number of rotatable bonds is 2. The number of primary amides is 1. The SMILES string of the molecule is CC(=O)NC(C)(C)C.CC(=O)NC1CC1.CC(=O)NO.CC(N)=O.CCO.CNC(C)=O.CNC(C)=O.CNC(C)=S.COC.CONC(C)=O.Cc1ccn[nH]1.Cc1ncn[nH]1. The number of methoxy groups -OCH3 is 1. The lowest BCUT2D eigenvalue weighted by Gasteiger charge is -2.18. The molecule has 2 heterocycles. The summed E-state index contributed by atoms with van der Waals surface area (Å²) < 4.78 is 4.25. The summed E-state index contributed by atoms with van der Waals surface area (Å²) in [5.41, 5.74) is 8.96. The number of carbonyl (C=O) groups excluding carboxylic acids is 7. The average molecular weight is 930 g/mol. The smallest absolute Gasteiger partial charge is 0.240 e. The molecule has 24 nitrogen and oxygen atoms in total. The van der Waals surface area contributed by atoms with Crippen LogP contribution in [0, 0.1) is 13.8 Å². The molecule has 0 spiro atoms. The van der Waals surface area contributed by atoms with Crippen molar-refractivity contribution in [2.75, 3.05) is 49.1 Å². The van der Waals surface area contributed by atoms with Crippen LogP contribution >= 0.6 is 12.2 Å². The molecular formula is C38H83N13O11S. The van der Waals surface area contributed by atoms with Crippen LogP contribution < -0.4 is 43.3 Å². The number of hydrogen-bond acceptors (Lipinski definition) is 15. The molecule has 0 aromatic carbocycles. The van der Waals surface area contributed by atoms with Gasteiger partial charge in [-0.1, -0.05) is 12.2 Å². The number of nitrogens with zero attached hydrogens (tertiary/aromatic N) is 3. The fourth-order valence-electron chi connectivity index (χ4n) is 1.78. The largest absolute Gasteiger partial charge is 0.397 e. The molecule has 372 valence electrons. The first-order valence-corrected chi connectivity index (χ1v) is 19.2. The summed E-state index contributed by atoms with van der Waals surface area (Å²) in [4.78, 5) is 77.2. The highest BCUT2D eigenvalue weighted by atomic mass is 32.1. The number of hydrogen-bond donors (Lipinski definition) is 12. The molecule has 1 aliphatic carbocycles. The minimum atomic E-state index is -0.440. The predicted molar refractivity (Wildman–Crippen MR) is 249 cm³/mol. The minimum absolute atomic E-state index is 0.00463. The lowest BCUT2D eigenvalue weighted by molar-refractivity contribution is -0.129. The van der Waals surface area contributed by atoms with Crippen molar-refractivity contribution in [3.05, 3.63) is 30.1 Å². The highest BCUT2D eigenvalue weighted by Gasteiger charge is 2.21. The van der Waals surface area contributed by atoms with E-state index in [1.807, 2.05) is 54.7 Å². The maximum absolute atomic E-state index is 10.3. The summed E-state index contributed by atoms with van der Waals surface area (Å²) in [6, 6.07) is 2.44. The van der Waals surface area contributed by atoms with E-state index < -0.39 is 5.91 Å². The number of amides is 7. The van der Waals surface area contributed by atoms with Gasteiger partial charge in [-0.2, -0.15) is 10.2 Å². The fraction of sp³-hybridized carbons (Fsp3) is 0.658. The van der Waals surface area contributed by atoms with Gasteiger partial charge in [0.05, 0.1) is 12.1 Å². The van der Waals surface area contributed by atoms with Gasteiger partial charge in [0.15, 0.2) is 0 Å². The van der Waals surface area contributed by atoms with Gasteiger partial charge in [-0.15, -0.1) is 0 Å². The van der Waals surface area contributed by atoms with Crippen molar-refractivity contribution in [3.63, 3.8) is 0 Å². The molecule has 0 radical (unpaired) electrons. The number of hydroxylamine groups is 2. The first-order valence-electron chi connectivity index (χ1n) is 18.8. The molecule has 25 heteroatoms. The van der Waals surface area contributed by atoms with Crippen molar-refractivity contribution in [1.29, 1.82) is 0 Å². The van der Waals surface area contributed by atoms with E-state index in [0.29, 0.717) is 6.04 Å². The molecule has 1 aliphatic rings. The Hall–Kier alpha value is -5.63. The topological polar surface area (TPSA) is 359 Å². The third kappa shape index (κ3) is 169. The highest BCUT2D eigenvalue weighted by molar-refractivity contribution is 7.80. The Balaban J connectivity index is -0.0000000728. The van der Waals surface area contributed by atoms with E-state index >= 15 is 0 Å². The lowest BCUT2D eigenvalue weighted by atomic mass is 10.1. The molecule has 1 fully saturated rings. The van der Waals surface area contributed by atoms with Crippen molar-refractivity contribution in [2.45, 2.75) is 121 Å². The van der Waals surface area contributed by atoms with E-state index in [-0.39, 0.29) is 47.6 Å². The Morgan fingerprint density at radius 2 is 1.14 bits per heavy atom. The number of aromatic amines is 2.